The lowest BCUT2D eigenvalue weighted by Gasteiger charge is -2.13. The smallest absolute Gasteiger partial charge is 0.338 e. The molecule has 0 radical (unpaired) electrons. The number of ether oxygens (including phenoxy) is 1. The molecule has 1 atom stereocenters. The third-order valence-electron chi connectivity index (χ3n) is 3.07. The van der Waals surface area contributed by atoms with Crippen molar-refractivity contribution in [1.82, 2.24) is 16.0 Å². The van der Waals surface area contributed by atoms with Crippen LogP contribution in [0.25, 0.3) is 0 Å². The maximum atomic E-state index is 12.0. The number of likely N-dealkylation sites (N-methyl/N-ethyl adjacent to an activating group) is 1. The molecule has 7 heteroatoms. The third kappa shape index (κ3) is 6.68. The van der Waals surface area contributed by atoms with Crippen molar-refractivity contribution in [3.05, 3.63) is 35.4 Å². The van der Waals surface area contributed by atoms with E-state index in [2.05, 4.69) is 16.0 Å². The summed E-state index contributed by atoms with van der Waals surface area (Å²) in [4.78, 5) is 35.0. The Morgan fingerprint density at radius 3 is 2.21 bits per heavy atom. The van der Waals surface area contributed by atoms with Crippen molar-refractivity contribution >= 4 is 17.9 Å². The molecule has 132 valence electrons. The number of hydrogen-bond acceptors (Lipinski definition) is 4. The molecule has 0 saturated carbocycles. The summed E-state index contributed by atoms with van der Waals surface area (Å²) >= 11 is 0. The molecule has 0 saturated heterocycles. The van der Waals surface area contributed by atoms with E-state index in [4.69, 9.17) is 4.74 Å². The first kappa shape index (κ1) is 19.5. The van der Waals surface area contributed by atoms with Gasteiger partial charge in [0, 0.05) is 19.1 Å². The number of carbonyl (C=O) groups excluding carboxylic acids is 3. The van der Waals surface area contributed by atoms with Crippen molar-refractivity contribution < 1.29 is 19.1 Å². The van der Waals surface area contributed by atoms with E-state index in [1.807, 2.05) is 13.8 Å². The lowest BCUT2D eigenvalue weighted by atomic mass is 10.1. The van der Waals surface area contributed by atoms with Gasteiger partial charge in [0.1, 0.15) is 0 Å². The first-order valence-corrected chi connectivity index (χ1v) is 7.95. The SMILES string of the molecule is CCNC(=O)[C@H](C)OC(=O)c1ccc(CNC(=O)NC(C)C)cc1. The zero-order valence-electron chi connectivity index (χ0n) is 14.5. The highest BCUT2D eigenvalue weighted by Gasteiger charge is 2.18. The van der Waals surface area contributed by atoms with Crippen LogP contribution in [0.3, 0.4) is 0 Å². The molecule has 3 amide bonds. The summed E-state index contributed by atoms with van der Waals surface area (Å²) in [5.41, 5.74) is 1.20. The van der Waals surface area contributed by atoms with Crippen LogP contribution in [0.4, 0.5) is 4.79 Å². The predicted octanol–water partition coefficient (Wildman–Crippen LogP) is 1.58. The number of amides is 3. The summed E-state index contributed by atoms with van der Waals surface area (Å²) in [6.07, 6.45) is -0.849. The highest BCUT2D eigenvalue weighted by Crippen LogP contribution is 2.07. The Morgan fingerprint density at radius 1 is 1.04 bits per heavy atom. The maximum absolute atomic E-state index is 12.0. The fraction of sp³-hybridized carbons (Fsp3) is 0.471. The van der Waals surface area contributed by atoms with Gasteiger partial charge < -0.3 is 20.7 Å². The van der Waals surface area contributed by atoms with Crippen LogP contribution in [0, 0.1) is 0 Å². The van der Waals surface area contributed by atoms with Gasteiger partial charge in [0.15, 0.2) is 6.10 Å². The second-order valence-corrected chi connectivity index (χ2v) is 5.62. The molecule has 0 unspecified atom stereocenters. The van der Waals surface area contributed by atoms with E-state index < -0.39 is 12.1 Å². The van der Waals surface area contributed by atoms with Crippen LogP contribution in [-0.2, 0) is 16.1 Å². The Labute approximate surface area is 142 Å². The van der Waals surface area contributed by atoms with E-state index in [0.29, 0.717) is 18.7 Å². The molecule has 0 aliphatic carbocycles. The fourth-order valence-electron chi connectivity index (χ4n) is 1.85. The van der Waals surface area contributed by atoms with Gasteiger partial charge in [-0.15, -0.1) is 0 Å². The minimum Gasteiger partial charge on any atom is -0.449 e. The number of hydrogen-bond donors (Lipinski definition) is 3. The summed E-state index contributed by atoms with van der Waals surface area (Å²) in [7, 11) is 0. The minimum absolute atomic E-state index is 0.0639. The molecule has 3 N–H and O–H groups in total. The van der Waals surface area contributed by atoms with Gasteiger partial charge in [-0.2, -0.15) is 0 Å². The lowest BCUT2D eigenvalue weighted by molar-refractivity contribution is -0.128. The van der Waals surface area contributed by atoms with Crippen LogP contribution >= 0.6 is 0 Å². The van der Waals surface area contributed by atoms with Gasteiger partial charge in [0.25, 0.3) is 5.91 Å². The predicted molar refractivity (Wildman–Crippen MR) is 90.5 cm³/mol. The average molecular weight is 335 g/mol. The fourth-order valence-corrected chi connectivity index (χ4v) is 1.85. The number of benzene rings is 1. The first-order valence-electron chi connectivity index (χ1n) is 7.95. The van der Waals surface area contributed by atoms with Crippen LogP contribution in [0.15, 0.2) is 24.3 Å². The van der Waals surface area contributed by atoms with Gasteiger partial charge in [-0.1, -0.05) is 12.1 Å². The molecule has 0 aromatic heterocycles. The molecular formula is C17H25N3O4. The van der Waals surface area contributed by atoms with Crippen molar-refractivity contribution in [2.24, 2.45) is 0 Å². The highest BCUT2D eigenvalue weighted by molar-refractivity contribution is 5.92. The number of nitrogens with one attached hydrogen (secondary N) is 3. The van der Waals surface area contributed by atoms with E-state index in [0.717, 1.165) is 5.56 Å². The Hall–Kier alpha value is -2.57. The van der Waals surface area contributed by atoms with Gasteiger partial charge in [-0.05, 0) is 45.4 Å². The van der Waals surface area contributed by atoms with E-state index >= 15 is 0 Å². The number of carbonyl (C=O) groups is 3. The van der Waals surface area contributed by atoms with Crippen LogP contribution in [0.5, 0.6) is 0 Å². The van der Waals surface area contributed by atoms with Crippen molar-refractivity contribution in [1.29, 1.82) is 0 Å². The standard InChI is InChI=1S/C17H25N3O4/c1-5-18-15(21)12(4)24-16(22)14-8-6-13(7-9-14)10-19-17(23)20-11(2)3/h6-9,11-12H,5,10H2,1-4H3,(H,18,21)(H2,19,20,23)/t12-/m0/s1. The van der Waals surface area contributed by atoms with Crippen LogP contribution < -0.4 is 16.0 Å². The van der Waals surface area contributed by atoms with Gasteiger partial charge >= 0.3 is 12.0 Å². The summed E-state index contributed by atoms with van der Waals surface area (Å²) in [6, 6.07) is 6.47. The quantitative estimate of drug-likeness (QED) is 0.659. The van der Waals surface area contributed by atoms with Gasteiger partial charge in [-0.3, -0.25) is 4.79 Å². The second-order valence-electron chi connectivity index (χ2n) is 5.62. The molecule has 7 nitrogen and oxygen atoms in total. The molecule has 24 heavy (non-hydrogen) atoms. The molecule has 0 aliphatic rings. The molecule has 0 spiro atoms. The van der Waals surface area contributed by atoms with Gasteiger partial charge in [-0.25, -0.2) is 9.59 Å². The minimum atomic E-state index is -0.849. The van der Waals surface area contributed by atoms with Gasteiger partial charge in [0.05, 0.1) is 5.56 Å². The first-order chi connectivity index (χ1) is 11.3. The molecule has 0 aliphatic heterocycles. The van der Waals surface area contributed by atoms with Crippen LogP contribution in [0.1, 0.15) is 43.6 Å². The Morgan fingerprint density at radius 2 is 1.67 bits per heavy atom. The molecule has 1 aromatic rings. The normalized spacial score (nSPS) is 11.5. The molecule has 0 fully saturated rings. The zero-order chi connectivity index (χ0) is 18.1. The van der Waals surface area contributed by atoms with Crippen molar-refractivity contribution in [2.45, 2.75) is 46.4 Å². The highest BCUT2D eigenvalue weighted by atomic mass is 16.5. The summed E-state index contributed by atoms with van der Waals surface area (Å²) in [5.74, 6) is -0.895. The van der Waals surface area contributed by atoms with Crippen molar-refractivity contribution in [2.75, 3.05) is 6.54 Å². The Kier molecular flexibility index (Phi) is 7.74. The number of urea groups is 1. The monoisotopic (exact) mass is 335 g/mol. The maximum Gasteiger partial charge on any atom is 0.338 e. The topological polar surface area (TPSA) is 96.5 Å². The van der Waals surface area contributed by atoms with Crippen molar-refractivity contribution in [3.8, 4) is 0 Å². The van der Waals surface area contributed by atoms with Gasteiger partial charge in [0.2, 0.25) is 0 Å². The third-order valence-corrected chi connectivity index (χ3v) is 3.07. The molecule has 1 rings (SSSR count). The molecular weight excluding hydrogens is 310 g/mol. The van der Waals surface area contributed by atoms with Crippen LogP contribution in [-0.4, -0.2) is 36.6 Å². The summed E-state index contributed by atoms with van der Waals surface area (Å²) in [6.45, 7) is 7.90. The largest absolute Gasteiger partial charge is 0.449 e. The second kappa shape index (κ2) is 9.54. The number of esters is 1. The van der Waals surface area contributed by atoms with E-state index in [1.54, 1.807) is 31.2 Å². The number of rotatable bonds is 7. The average Bonchev–Trinajstić information content (AvgIpc) is 2.52. The van der Waals surface area contributed by atoms with E-state index in [1.165, 1.54) is 6.92 Å². The molecule has 0 bridgehead atoms. The summed E-state index contributed by atoms with van der Waals surface area (Å²) < 4.78 is 5.10. The van der Waals surface area contributed by atoms with Crippen LogP contribution in [0.2, 0.25) is 0 Å². The zero-order valence-corrected chi connectivity index (χ0v) is 14.5. The van der Waals surface area contributed by atoms with E-state index in [-0.39, 0.29) is 18.0 Å². The molecule has 1 aromatic carbocycles. The molecule has 0 heterocycles. The summed E-state index contributed by atoms with van der Waals surface area (Å²) in [5, 5.41) is 8.03. The van der Waals surface area contributed by atoms with Crippen molar-refractivity contribution in [3.63, 3.8) is 0 Å². The van der Waals surface area contributed by atoms with E-state index in [9.17, 15) is 14.4 Å². The lowest BCUT2D eigenvalue weighted by Crippen LogP contribution is -2.39. The Bertz CT molecular complexity index is 570. The Balaban J connectivity index is 2.53.